The molecule has 0 unspecified atom stereocenters. The van der Waals surface area contributed by atoms with Gasteiger partial charge in [-0.05, 0) is 50.9 Å². The molecule has 2 atom stereocenters. The van der Waals surface area contributed by atoms with E-state index in [1.54, 1.807) is 0 Å². The van der Waals surface area contributed by atoms with Crippen molar-refractivity contribution in [3.63, 3.8) is 0 Å². The van der Waals surface area contributed by atoms with E-state index in [0.29, 0.717) is 12.5 Å². The molecule has 1 amide bonds. The van der Waals surface area contributed by atoms with Crippen LogP contribution in [0.15, 0.2) is 11.6 Å². The van der Waals surface area contributed by atoms with E-state index in [0.717, 1.165) is 12.8 Å². The molecule has 2 aliphatic carbocycles. The molecular formula is C19H28N2OS. The fourth-order valence-corrected chi connectivity index (χ4v) is 4.92. The maximum absolute atomic E-state index is 12.4. The molecule has 2 aliphatic rings. The smallest absolute Gasteiger partial charge is 0.224 e. The van der Waals surface area contributed by atoms with Gasteiger partial charge in [0, 0.05) is 17.8 Å². The number of hydrogen-bond donors (Lipinski definition) is 1. The highest BCUT2D eigenvalue weighted by molar-refractivity contribution is 7.11. The first kappa shape index (κ1) is 16.7. The van der Waals surface area contributed by atoms with Crippen LogP contribution in [0, 0.1) is 17.3 Å². The first-order valence-corrected chi connectivity index (χ1v) is 9.61. The molecule has 0 bridgehead atoms. The molecular weight excluding hydrogens is 304 g/mol. The Balaban J connectivity index is 1.50. The molecule has 0 aromatic carbocycles. The van der Waals surface area contributed by atoms with Crippen LogP contribution >= 0.6 is 11.3 Å². The summed E-state index contributed by atoms with van der Waals surface area (Å²) in [5.41, 5.74) is 2.71. The van der Waals surface area contributed by atoms with Crippen molar-refractivity contribution in [1.29, 1.82) is 0 Å². The molecule has 1 aromatic heterocycles. The largest absolute Gasteiger partial charge is 0.355 e. The minimum absolute atomic E-state index is 0.0988. The predicted molar refractivity (Wildman–Crippen MR) is 95.7 cm³/mol. The Morgan fingerprint density at radius 1 is 1.35 bits per heavy atom. The Morgan fingerprint density at radius 2 is 2.09 bits per heavy atom. The minimum atomic E-state index is 0.0988. The van der Waals surface area contributed by atoms with Gasteiger partial charge in [0.25, 0.3) is 0 Å². The zero-order valence-electron chi connectivity index (χ0n) is 14.7. The molecule has 1 N–H and O–H groups in total. The summed E-state index contributed by atoms with van der Waals surface area (Å²) in [6.45, 7) is 9.30. The fourth-order valence-electron chi connectivity index (χ4n) is 3.76. The molecule has 0 spiro atoms. The normalized spacial score (nSPS) is 24.7. The van der Waals surface area contributed by atoms with Crippen molar-refractivity contribution in [2.45, 2.75) is 59.8 Å². The molecule has 4 heteroatoms. The Morgan fingerprint density at radius 3 is 2.78 bits per heavy atom. The van der Waals surface area contributed by atoms with Crippen molar-refractivity contribution in [1.82, 2.24) is 10.3 Å². The second kappa shape index (κ2) is 6.39. The molecule has 1 aromatic rings. The summed E-state index contributed by atoms with van der Waals surface area (Å²) in [5, 5.41) is 4.32. The molecule has 3 nitrogen and oxygen atoms in total. The van der Waals surface area contributed by atoms with Crippen molar-refractivity contribution < 1.29 is 4.79 Å². The lowest BCUT2D eigenvalue weighted by Gasteiger charge is -2.06. The summed E-state index contributed by atoms with van der Waals surface area (Å²) in [6.07, 6.45) is 8.02. The average molecular weight is 333 g/mol. The molecule has 1 heterocycles. The van der Waals surface area contributed by atoms with Gasteiger partial charge in [-0.2, -0.15) is 0 Å². The molecule has 1 fully saturated rings. The highest BCUT2D eigenvalue weighted by Crippen LogP contribution is 2.59. The Bertz CT molecular complexity index is 602. The molecule has 126 valence electrons. The van der Waals surface area contributed by atoms with Gasteiger partial charge in [0.2, 0.25) is 5.91 Å². The van der Waals surface area contributed by atoms with Crippen LogP contribution in [0.3, 0.4) is 0 Å². The SMILES string of the molecule is CC(C)=C[C@@H]1[C@@H](C(=O)NCCc2nc3c(s2)CCCC3)C1(C)C. The number of aromatic nitrogens is 1. The van der Waals surface area contributed by atoms with Gasteiger partial charge in [-0.1, -0.05) is 25.5 Å². The fraction of sp³-hybridized carbons (Fsp3) is 0.684. The van der Waals surface area contributed by atoms with Crippen molar-refractivity contribution in [2.75, 3.05) is 6.54 Å². The number of amides is 1. The maximum Gasteiger partial charge on any atom is 0.224 e. The number of nitrogens with zero attached hydrogens (tertiary/aromatic N) is 1. The van der Waals surface area contributed by atoms with E-state index in [-0.39, 0.29) is 17.2 Å². The number of nitrogens with one attached hydrogen (secondary N) is 1. The molecule has 3 rings (SSSR count). The van der Waals surface area contributed by atoms with Gasteiger partial charge in [0.15, 0.2) is 0 Å². The van der Waals surface area contributed by atoms with Crippen molar-refractivity contribution >= 4 is 17.2 Å². The van der Waals surface area contributed by atoms with Gasteiger partial charge >= 0.3 is 0 Å². The molecule has 0 saturated heterocycles. The van der Waals surface area contributed by atoms with Gasteiger partial charge in [0.05, 0.1) is 16.6 Å². The lowest BCUT2D eigenvalue weighted by molar-refractivity contribution is -0.123. The number of hydrogen-bond acceptors (Lipinski definition) is 3. The first-order chi connectivity index (χ1) is 10.9. The number of aryl methyl sites for hydroxylation is 2. The summed E-state index contributed by atoms with van der Waals surface area (Å²) in [6, 6.07) is 0. The number of allylic oxidation sites excluding steroid dienone is 2. The van der Waals surface area contributed by atoms with Crippen LogP contribution in [-0.2, 0) is 24.1 Å². The summed E-state index contributed by atoms with van der Waals surface area (Å²) in [5.74, 6) is 0.723. The summed E-state index contributed by atoms with van der Waals surface area (Å²) in [4.78, 5) is 18.7. The van der Waals surface area contributed by atoms with E-state index in [9.17, 15) is 4.79 Å². The number of carbonyl (C=O) groups is 1. The number of carbonyl (C=O) groups excluding carboxylic acids is 1. The van der Waals surface area contributed by atoms with Crippen LogP contribution in [0.25, 0.3) is 0 Å². The molecule has 1 saturated carbocycles. The van der Waals surface area contributed by atoms with E-state index in [2.05, 4.69) is 39.1 Å². The third-order valence-corrected chi connectivity index (χ3v) is 6.45. The summed E-state index contributed by atoms with van der Waals surface area (Å²) >= 11 is 1.85. The first-order valence-electron chi connectivity index (χ1n) is 8.80. The third kappa shape index (κ3) is 3.52. The average Bonchev–Trinajstić information content (AvgIpc) is 2.82. The van der Waals surface area contributed by atoms with E-state index >= 15 is 0 Å². The second-order valence-corrected chi connectivity index (χ2v) is 8.96. The standard InChI is InChI=1S/C19H28N2OS/c1-12(2)11-13-17(19(13,3)4)18(22)20-10-9-16-21-14-7-5-6-8-15(14)23-16/h11,13,17H,5-10H2,1-4H3,(H,20,22)/t13-,17+/m1/s1. The van der Waals surface area contributed by atoms with Gasteiger partial charge in [-0.15, -0.1) is 11.3 Å². The van der Waals surface area contributed by atoms with E-state index in [4.69, 9.17) is 4.98 Å². The van der Waals surface area contributed by atoms with Crippen LogP contribution in [0.5, 0.6) is 0 Å². The second-order valence-electron chi connectivity index (χ2n) is 7.79. The Labute approximate surface area is 143 Å². The van der Waals surface area contributed by atoms with Crippen molar-refractivity contribution in [3.05, 3.63) is 27.2 Å². The maximum atomic E-state index is 12.4. The zero-order valence-corrected chi connectivity index (χ0v) is 15.6. The van der Waals surface area contributed by atoms with E-state index in [1.807, 2.05) is 11.3 Å². The lowest BCUT2D eigenvalue weighted by Crippen LogP contribution is -2.28. The van der Waals surface area contributed by atoms with Crippen LogP contribution in [0.1, 0.15) is 56.1 Å². The lowest BCUT2D eigenvalue weighted by atomic mass is 10.0. The quantitative estimate of drug-likeness (QED) is 0.830. The van der Waals surface area contributed by atoms with E-state index in [1.165, 1.54) is 40.4 Å². The Hall–Kier alpha value is -1.16. The van der Waals surface area contributed by atoms with Gasteiger partial charge < -0.3 is 5.32 Å². The van der Waals surface area contributed by atoms with Gasteiger partial charge in [-0.3, -0.25) is 4.79 Å². The monoisotopic (exact) mass is 332 g/mol. The Kier molecular flexibility index (Phi) is 4.63. The predicted octanol–water partition coefficient (Wildman–Crippen LogP) is 3.92. The highest BCUT2D eigenvalue weighted by Gasteiger charge is 2.60. The summed E-state index contributed by atoms with van der Waals surface area (Å²) < 4.78 is 0. The van der Waals surface area contributed by atoms with Crippen LogP contribution in [-0.4, -0.2) is 17.4 Å². The van der Waals surface area contributed by atoms with E-state index < -0.39 is 0 Å². The van der Waals surface area contributed by atoms with Crippen molar-refractivity contribution in [3.8, 4) is 0 Å². The number of thiazole rings is 1. The van der Waals surface area contributed by atoms with Crippen LogP contribution in [0.4, 0.5) is 0 Å². The van der Waals surface area contributed by atoms with Gasteiger partial charge in [-0.25, -0.2) is 4.98 Å². The van der Waals surface area contributed by atoms with Gasteiger partial charge in [0.1, 0.15) is 0 Å². The minimum Gasteiger partial charge on any atom is -0.355 e. The molecule has 23 heavy (non-hydrogen) atoms. The highest BCUT2D eigenvalue weighted by atomic mass is 32.1. The third-order valence-electron chi connectivity index (χ3n) is 5.23. The molecule has 0 radical (unpaired) electrons. The molecule has 0 aliphatic heterocycles. The van der Waals surface area contributed by atoms with Crippen LogP contribution < -0.4 is 5.32 Å². The number of rotatable bonds is 5. The van der Waals surface area contributed by atoms with Crippen LogP contribution in [0.2, 0.25) is 0 Å². The topological polar surface area (TPSA) is 42.0 Å². The summed E-state index contributed by atoms with van der Waals surface area (Å²) in [7, 11) is 0. The van der Waals surface area contributed by atoms with Crippen molar-refractivity contribution in [2.24, 2.45) is 17.3 Å². The number of fused-ring (bicyclic) bond motifs is 1. The zero-order chi connectivity index (χ0) is 16.6.